The summed E-state index contributed by atoms with van der Waals surface area (Å²) in [4.78, 5) is 6.63. The molecule has 158 valence electrons. The molecule has 0 amide bonds. The van der Waals surface area contributed by atoms with Crippen LogP contribution in [0.2, 0.25) is 5.02 Å². The van der Waals surface area contributed by atoms with Crippen molar-refractivity contribution in [2.75, 3.05) is 31.2 Å². The largest absolute Gasteiger partial charge is 0.440 e. The highest BCUT2D eigenvalue weighted by Crippen LogP contribution is 2.30. The number of hydrogen-bond acceptors (Lipinski definition) is 7. The van der Waals surface area contributed by atoms with Crippen molar-refractivity contribution >= 4 is 29.3 Å². The van der Waals surface area contributed by atoms with Gasteiger partial charge in [0, 0.05) is 23.7 Å². The molecule has 0 saturated carbocycles. The average Bonchev–Trinajstić information content (AvgIpc) is 3.46. The number of oxazole rings is 1. The highest BCUT2D eigenvalue weighted by Gasteiger charge is 2.22. The van der Waals surface area contributed by atoms with Crippen LogP contribution in [0.25, 0.3) is 17.0 Å². The van der Waals surface area contributed by atoms with Gasteiger partial charge in [-0.2, -0.15) is 0 Å². The molecule has 0 spiro atoms. The van der Waals surface area contributed by atoms with Crippen LogP contribution < -0.4 is 4.90 Å². The summed E-state index contributed by atoms with van der Waals surface area (Å²) in [5, 5.41) is 10.4. The van der Waals surface area contributed by atoms with Crippen molar-refractivity contribution in [1.82, 2.24) is 19.7 Å². The summed E-state index contributed by atoms with van der Waals surface area (Å²) in [5.74, 6) is 2.67. The van der Waals surface area contributed by atoms with Gasteiger partial charge in [-0.05, 0) is 24.3 Å². The Labute approximate surface area is 189 Å². The molecule has 3 heterocycles. The van der Waals surface area contributed by atoms with E-state index in [0.717, 1.165) is 35.4 Å². The van der Waals surface area contributed by atoms with E-state index in [4.69, 9.17) is 20.8 Å². The summed E-state index contributed by atoms with van der Waals surface area (Å²) in [6, 6.07) is 17.7. The summed E-state index contributed by atoms with van der Waals surface area (Å²) in [6.45, 7) is 2.95. The molecule has 1 saturated heterocycles. The first-order chi connectivity index (χ1) is 15.3. The van der Waals surface area contributed by atoms with Crippen LogP contribution >= 0.6 is 23.4 Å². The number of rotatable bonds is 6. The van der Waals surface area contributed by atoms with Gasteiger partial charge in [-0.25, -0.2) is 4.98 Å². The highest BCUT2D eigenvalue weighted by molar-refractivity contribution is 7.98. The van der Waals surface area contributed by atoms with E-state index in [1.807, 2.05) is 42.5 Å². The lowest BCUT2D eigenvalue weighted by atomic mass is 10.2. The lowest BCUT2D eigenvalue weighted by molar-refractivity contribution is 0.122. The number of ether oxygens (including phenoxy) is 1. The quantitative estimate of drug-likeness (QED) is 0.392. The Kier molecular flexibility index (Phi) is 5.93. The van der Waals surface area contributed by atoms with Crippen LogP contribution in [0.5, 0.6) is 0 Å². The molecule has 0 radical (unpaired) electrons. The summed E-state index contributed by atoms with van der Waals surface area (Å²) >= 11 is 7.63. The zero-order valence-corrected chi connectivity index (χ0v) is 18.2. The Bertz CT molecular complexity index is 1160. The summed E-state index contributed by atoms with van der Waals surface area (Å²) < 4.78 is 13.5. The molecule has 4 aromatic rings. The van der Waals surface area contributed by atoms with Crippen LogP contribution in [0.3, 0.4) is 0 Å². The van der Waals surface area contributed by atoms with Gasteiger partial charge in [-0.3, -0.25) is 4.57 Å². The normalized spacial score (nSPS) is 14.2. The number of para-hydroxylation sites is 1. The minimum absolute atomic E-state index is 0.536. The van der Waals surface area contributed by atoms with Crippen LogP contribution in [-0.4, -0.2) is 46.1 Å². The predicted octanol–water partition coefficient (Wildman–Crippen LogP) is 4.70. The second-order valence-electron chi connectivity index (χ2n) is 6.97. The van der Waals surface area contributed by atoms with Crippen molar-refractivity contribution in [1.29, 1.82) is 0 Å². The van der Waals surface area contributed by atoms with Crippen molar-refractivity contribution in [2.45, 2.75) is 10.9 Å². The Morgan fingerprint density at radius 3 is 2.65 bits per heavy atom. The van der Waals surface area contributed by atoms with E-state index in [1.54, 1.807) is 18.0 Å². The number of morpholine rings is 1. The topological polar surface area (TPSA) is 69.2 Å². The van der Waals surface area contributed by atoms with Crippen molar-refractivity contribution in [2.24, 2.45) is 0 Å². The molecule has 7 nitrogen and oxygen atoms in total. The van der Waals surface area contributed by atoms with Crippen molar-refractivity contribution in [3.05, 3.63) is 71.7 Å². The molecule has 2 aromatic heterocycles. The number of aromatic nitrogens is 4. The molecule has 1 fully saturated rings. The minimum atomic E-state index is 0.536. The monoisotopic (exact) mass is 453 g/mol. The molecule has 0 atom stereocenters. The first-order valence-electron chi connectivity index (χ1n) is 9.95. The Morgan fingerprint density at radius 1 is 1.00 bits per heavy atom. The van der Waals surface area contributed by atoms with Crippen LogP contribution in [0.15, 0.2) is 70.4 Å². The molecule has 0 aliphatic carbocycles. The third kappa shape index (κ3) is 4.46. The van der Waals surface area contributed by atoms with E-state index in [0.29, 0.717) is 35.6 Å². The van der Waals surface area contributed by atoms with Crippen LogP contribution in [0.1, 0.15) is 5.89 Å². The molecular weight excluding hydrogens is 434 g/mol. The Morgan fingerprint density at radius 2 is 1.84 bits per heavy atom. The second-order valence-corrected chi connectivity index (χ2v) is 8.35. The fraction of sp³-hybridized carbons (Fsp3) is 0.227. The third-order valence-corrected chi connectivity index (χ3v) is 6.06. The number of benzene rings is 2. The number of thioether (sulfide) groups is 1. The maximum atomic E-state index is 6.09. The highest BCUT2D eigenvalue weighted by atomic mass is 35.5. The summed E-state index contributed by atoms with van der Waals surface area (Å²) in [5.41, 5.74) is 1.92. The zero-order valence-electron chi connectivity index (χ0n) is 16.6. The maximum Gasteiger partial charge on any atom is 0.232 e. The molecule has 0 bridgehead atoms. The number of halogens is 1. The Hall–Kier alpha value is -2.81. The van der Waals surface area contributed by atoms with Crippen LogP contribution in [0.4, 0.5) is 5.95 Å². The summed E-state index contributed by atoms with van der Waals surface area (Å²) in [7, 11) is 0. The van der Waals surface area contributed by atoms with E-state index in [1.165, 1.54) is 0 Å². The van der Waals surface area contributed by atoms with Gasteiger partial charge in [-0.1, -0.05) is 53.7 Å². The van der Waals surface area contributed by atoms with E-state index in [9.17, 15) is 0 Å². The van der Waals surface area contributed by atoms with Gasteiger partial charge in [0.2, 0.25) is 11.8 Å². The van der Waals surface area contributed by atoms with Gasteiger partial charge in [0.25, 0.3) is 0 Å². The third-order valence-electron chi connectivity index (χ3n) is 4.91. The first kappa shape index (κ1) is 20.1. The van der Waals surface area contributed by atoms with Crippen LogP contribution in [-0.2, 0) is 10.5 Å². The molecular formula is C22H20ClN5O2S. The van der Waals surface area contributed by atoms with E-state index < -0.39 is 0 Å². The maximum absolute atomic E-state index is 6.09. The smallest absolute Gasteiger partial charge is 0.232 e. The Balaban J connectivity index is 1.39. The van der Waals surface area contributed by atoms with Gasteiger partial charge in [-0.15, -0.1) is 10.2 Å². The van der Waals surface area contributed by atoms with E-state index in [2.05, 4.69) is 36.8 Å². The van der Waals surface area contributed by atoms with Gasteiger partial charge in [0.1, 0.15) is 0 Å². The molecule has 5 rings (SSSR count). The number of anilines is 1. The molecule has 2 aromatic carbocycles. The number of hydrogen-bond donors (Lipinski definition) is 0. The lowest BCUT2D eigenvalue weighted by Crippen LogP contribution is -2.37. The standard InChI is InChI=1S/C22H20ClN5O2S/c23-17-6-4-5-16(13-17)19-14-24-20(30-19)15-31-22-26-25-21(27-9-11-29-12-10-27)28(22)18-7-2-1-3-8-18/h1-8,13-14H,9-12,15H2. The SMILES string of the molecule is Clc1cccc(-c2cnc(CSc3nnc(N4CCOCC4)n3-c3ccccc3)o2)c1. The first-order valence-corrected chi connectivity index (χ1v) is 11.3. The second kappa shape index (κ2) is 9.13. The lowest BCUT2D eigenvalue weighted by Gasteiger charge is -2.27. The van der Waals surface area contributed by atoms with Gasteiger partial charge < -0.3 is 14.1 Å². The summed E-state index contributed by atoms with van der Waals surface area (Å²) in [6.07, 6.45) is 1.72. The molecule has 1 aliphatic rings. The predicted molar refractivity (Wildman–Crippen MR) is 121 cm³/mol. The average molecular weight is 454 g/mol. The molecule has 1 aliphatic heterocycles. The zero-order chi connectivity index (χ0) is 21.0. The van der Waals surface area contributed by atoms with E-state index in [-0.39, 0.29) is 0 Å². The molecule has 9 heteroatoms. The van der Waals surface area contributed by atoms with Crippen molar-refractivity contribution in [3.8, 4) is 17.0 Å². The van der Waals surface area contributed by atoms with Gasteiger partial charge in [0.05, 0.1) is 30.9 Å². The fourth-order valence-electron chi connectivity index (χ4n) is 3.41. The molecule has 0 N–H and O–H groups in total. The van der Waals surface area contributed by atoms with Gasteiger partial charge >= 0.3 is 0 Å². The minimum Gasteiger partial charge on any atom is -0.440 e. The molecule has 31 heavy (non-hydrogen) atoms. The molecule has 0 unspecified atom stereocenters. The van der Waals surface area contributed by atoms with Gasteiger partial charge in [0.15, 0.2) is 10.9 Å². The van der Waals surface area contributed by atoms with E-state index >= 15 is 0 Å². The fourth-order valence-corrected chi connectivity index (χ4v) is 4.40. The van der Waals surface area contributed by atoms with Crippen LogP contribution in [0, 0.1) is 0 Å². The van der Waals surface area contributed by atoms with Crippen molar-refractivity contribution in [3.63, 3.8) is 0 Å². The van der Waals surface area contributed by atoms with Crippen molar-refractivity contribution < 1.29 is 9.15 Å². The number of nitrogens with zero attached hydrogens (tertiary/aromatic N) is 5.